The molecule has 5 heteroatoms. The first-order valence-electron chi connectivity index (χ1n) is 7.31. The lowest BCUT2D eigenvalue weighted by atomic mass is 9.99. The van der Waals surface area contributed by atoms with E-state index in [9.17, 15) is 0 Å². The fourth-order valence-corrected chi connectivity index (χ4v) is 2.74. The fraction of sp³-hybridized carbons (Fsp3) is 0.438. The minimum Gasteiger partial charge on any atom is -0.486 e. The monoisotopic (exact) mass is 287 g/mol. The Morgan fingerprint density at radius 2 is 2.19 bits per heavy atom. The van der Waals surface area contributed by atoms with Crippen LogP contribution in [0.4, 0.5) is 0 Å². The van der Waals surface area contributed by atoms with E-state index < -0.39 is 0 Å². The number of ether oxygens (including phenoxy) is 2. The van der Waals surface area contributed by atoms with Crippen molar-refractivity contribution in [3.8, 4) is 11.5 Å². The van der Waals surface area contributed by atoms with Crippen LogP contribution < -0.4 is 14.8 Å². The predicted molar refractivity (Wildman–Crippen MR) is 80.8 cm³/mol. The van der Waals surface area contributed by atoms with Crippen LogP contribution in [-0.2, 0) is 13.5 Å². The zero-order valence-electron chi connectivity index (χ0n) is 12.5. The van der Waals surface area contributed by atoms with Crippen molar-refractivity contribution in [3.63, 3.8) is 0 Å². The van der Waals surface area contributed by atoms with Gasteiger partial charge in [-0.05, 0) is 31.5 Å². The molecule has 0 bridgehead atoms. The molecule has 1 N–H and O–H groups in total. The first kappa shape index (κ1) is 13.9. The van der Waals surface area contributed by atoms with Crippen molar-refractivity contribution in [2.24, 2.45) is 7.05 Å². The fourth-order valence-electron chi connectivity index (χ4n) is 2.74. The minimum atomic E-state index is 0.238. The van der Waals surface area contributed by atoms with Gasteiger partial charge in [-0.15, -0.1) is 0 Å². The van der Waals surface area contributed by atoms with Crippen LogP contribution in [0.1, 0.15) is 23.6 Å². The number of hydrogen-bond acceptors (Lipinski definition) is 4. The van der Waals surface area contributed by atoms with Gasteiger partial charge in [0.25, 0.3) is 0 Å². The number of hydrogen-bond donors (Lipinski definition) is 1. The van der Waals surface area contributed by atoms with Crippen molar-refractivity contribution in [1.29, 1.82) is 0 Å². The summed E-state index contributed by atoms with van der Waals surface area (Å²) in [6.45, 7) is 1.24. The van der Waals surface area contributed by atoms with Gasteiger partial charge >= 0.3 is 0 Å². The second-order valence-corrected chi connectivity index (χ2v) is 5.27. The molecule has 0 fully saturated rings. The van der Waals surface area contributed by atoms with Crippen LogP contribution in [0.3, 0.4) is 0 Å². The maximum atomic E-state index is 5.81. The van der Waals surface area contributed by atoms with E-state index in [1.807, 2.05) is 37.1 Å². The van der Waals surface area contributed by atoms with E-state index in [-0.39, 0.29) is 6.04 Å². The highest BCUT2D eigenvalue weighted by molar-refractivity contribution is 5.48. The van der Waals surface area contributed by atoms with Crippen molar-refractivity contribution >= 4 is 0 Å². The van der Waals surface area contributed by atoms with Crippen LogP contribution in [-0.4, -0.2) is 30.0 Å². The average Bonchev–Trinajstić information content (AvgIpc) is 2.93. The smallest absolute Gasteiger partial charge is 0.166 e. The molecule has 0 radical (unpaired) electrons. The van der Waals surface area contributed by atoms with Crippen molar-refractivity contribution in [3.05, 3.63) is 41.7 Å². The summed E-state index contributed by atoms with van der Waals surface area (Å²) in [6.07, 6.45) is 5.95. The van der Waals surface area contributed by atoms with Crippen LogP contribution in [0.5, 0.6) is 11.5 Å². The second-order valence-electron chi connectivity index (χ2n) is 5.27. The average molecular weight is 287 g/mol. The van der Waals surface area contributed by atoms with Gasteiger partial charge in [0.2, 0.25) is 0 Å². The van der Waals surface area contributed by atoms with Gasteiger partial charge in [0.15, 0.2) is 11.5 Å². The summed E-state index contributed by atoms with van der Waals surface area (Å²) in [5, 5.41) is 7.60. The summed E-state index contributed by atoms with van der Waals surface area (Å²) in [7, 11) is 3.93. The van der Waals surface area contributed by atoms with Gasteiger partial charge in [0.1, 0.15) is 13.2 Å². The number of rotatable bonds is 5. The summed E-state index contributed by atoms with van der Waals surface area (Å²) in [6, 6.07) is 6.34. The molecule has 0 spiro atoms. The van der Waals surface area contributed by atoms with Gasteiger partial charge in [0.05, 0.1) is 6.20 Å². The van der Waals surface area contributed by atoms with Gasteiger partial charge < -0.3 is 14.8 Å². The van der Waals surface area contributed by atoms with Crippen LogP contribution in [0.2, 0.25) is 0 Å². The van der Waals surface area contributed by atoms with Crippen molar-refractivity contribution in [1.82, 2.24) is 15.1 Å². The highest BCUT2D eigenvalue weighted by Gasteiger charge is 2.21. The van der Waals surface area contributed by atoms with Gasteiger partial charge in [-0.3, -0.25) is 4.68 Å². The molecule has 2 aromatic rings. The molecular weight excluding hydrogens is 266 g/mol. The maximum absolute atomic E-state index is 5.81. The summed E-state index contributed by atoms with van der Waals surface area (Å²) in [5.41, 5.74) is 2.42. The number of nitrogens with one attached hydrogen (secondary N) is 1. The number of nitrogens with zero attached hydrogens (tertiary/aromatic N) is 2. The Balaban J connectivity index is 1.76. The highest BCUT2D eigenvalue weighted by Crippen LogP contribution is 2.38. The molecule has 2 heterocycles. The van der Waals surface area contributed by atoms with E-state index in [2.05, 4.69) is 22.7 Å². The quantitative estimate of drug-likeness (QED) is 0.915. The van der Waals surface area contributed by atoms with Crippen LogP contribution in [0.15, 0.2) is 30.6 Å². The van der Waals surface area contributed by atoms with E-state index in [1.165, 1.54) is 11.1 Å². The Bertz CT molecular complexity index is 609. The first-order valence-corrected chi connectivity index (χ1v) is 7.31. The second kappa shape index (κ2) is 6.18. The largest absolute Gasteiger partial charge is 0.486 e. The number of aromatic nitrogens is 2. The summed E-state index contributed by atoms with van der Waals surface area (Å²) in [4.78, 5) is 0. The predicted octanol–water partition coefficient (Wildman–Crippen LogP) is 2.08. The Kier molecular flexibility index (Phi) is 4.10. The molecule has 1 atom stereocenters. The Morgan fingerprint density at radius 3 is 2.95 bits per heavy atom. The lowest BCUT2D eigenvalue weighted by molar-refractivity contribution is 0.168. The lowest BCUT2D eigenvalue weighted by Gasteiger charge is -2.25. The summed E-state index contributed by atoms with van der Waals surface area (Å²) < 4.78 is 13.3. The molecule has 112 valence electrons. The maximum Gasteiger partial charge on any atom is 0.166 e. The Hall–Kier alpha value is -2.01. The SMILES string of the molecule is CNC(CCc1cnn(C)c1)c1cccc2c1OCCO2. The topological polar surface area (TPSA) is 48.3 Å². The molecule has 1 aliphatic rings. The van der Waals surface area contributed by atoms with Gasteiger partial charge in [-0.1, -0.05) is 12.1 Å². The standard InChI is InChI=1S/C16H21N3O2/c1-17-14(7-6-12-10-18-19(2)11-12)13-4-3-5-15-16(13)21-9-8-20-15/h3-5,10-11,14,17H,6-9H2,1-2H3. The Labute approximate surface area is 124 Å². The molecule has 1 aromatic heterocycles. The van der Waals surface area contributed by atoms with Crippen molar-refractivity contribution in [2.45, 2.75) is 18.9 Å². The summed E-state index contributed by atoms with van der Waals surface area (Å²) in [5.74, 6) is 1.73. The summed E-state index contributed by atoms with van der Waals surface area (Å²) >= 11 is 0. The third-order valence-electron chi connectivity index (χ3n) is 3.80. The highest BCUT2D eigenvalue weighted by atomic mass is 16.6. The first-order chi connectivity index (χ1) is 10.3. The molecular formula is C16H21N3O2. The zero-order valence-corrected chi connectivity index (χ0v) is 12.5. The molecule has 0 saturated carbocycles. The normalized spacial score (nSPS) is 15.0. The molecule has 0 saturated heterocycles. The van der Waals surface area contributed by atoms with E-state index in [1.54, 1.807) is 0 Å². The number of benzene rings is 1. The molecule has 1 aliphatic heterocycles. The van der Waals surface area contributed by atoms with Crippen LogP contribution in [0.25, 0.3) is 0 Å². The van der Waals surface area contributed by atoms with E-state index in [4.69, 9.17) is 9.47 Å². The van der Waals surface area contributed by atoms with Gasteiger partial charge in [-0.25, -0.2) is 0 Å². The van der Waals surface area contributed by atoms with E-state index >= 15 is 0 Å². The molecule has 3 rings (SSSR count). The van der Waals surface area contributed by atoms with Gasteiger partial charge in [0, 0.05) is 24.8 Å². The van der Waals surface area contributed by atoms with Crippen molar-refractivity contribution in [2.75, 3.05) is 20.3 Å². The molecule has 1 unspecified atom stereocenters. The zero-order chi connectivity index (χ0) is 14.7. The molecule has 0 aliphatic carbocycles. The molecule has 1 aromatic carbocycles. The number of fused-ring (bicyclic) bond motifs is 1. The third-order valence-corrected chi connectivity index (χ3v) is 3.80. The lowest BCUT2D eigenvalue weighted by Crippen LogP contribution is -2.22. The van der Waals surface area contributed by atoms with Crippen LogP contribution >= 0.6 is 0 Å². The van der Waals surface area contributed by atoms with Crippen LogP contribution in [0, 0.1) is 0 Å². The van der Waals surface area contributed by atoms with Crippen molar-refractivity contribution < 1.29 is 9.47 Å². The Morgan fingerprint density at radius 1 is 1.33 bits per heavy atom. The molecule has 0 amide bonds. The van der Waals surface area contributed by atoms with E-state index in [0.29, 0.717) is 13.2 Å². The third kappa shape index (κ3) is 3.03. The minimum absolute atomic E-state index is 0.238. The molecule has 5 nitrogen and oxygen atoms in total. The number of para-hydroxylation sites is 1. The molecule has 21 heavy (non-hydrogen) atoms. The van der Waals surface area contributed by atoms with Gasteiger partial charge in [-0.2, -0.15) is 5.10 Å². The van der Waals surface area contributed by atoms with E-state index in [0.717, 1.165) is 24.3 Å². The number of aryl methyl sites for hydroxylation is 2.